The van der Waals surface area contributed by atoms with E-state index in [0.717, 1.165) is 21.5 Å². The zero-order chi connectivity index (χ0) is 20.2. The molecule has 0 N–H and O–H groups in total. The number of carbonyl (C=O) groups excluding carboxylic acids is 2. The Morgan fingerprint density at radius 1 is 0.667 bits per heavy atom. The molecule has 2 aliphatic rings. The number of anilines is 1. The van der Waals surface area contributed by atoms with E-state index >= 15 is 0 Å². The average Bonchev–Trinajstić information content (AvgIpc) is 3.32. The van der Waals surface area contributed by atoms with E-state index in [2.05, 4.69) is 18.2 Å². The standard InChI is InChI=1S/C27H21NO2/c29-26-23-9-3-7-18-8-4-10-24(25(18)23)27(30)28(26)22-14-13-20-15-19(11-12-21(20)16-22)17-5-1-2-6-17/h3-4,7-17H,1-2,5-6H2. The molecule has 0 radical (unpaired) electrons. The maximum Gasteiger partial charge on any atom is 0.265 e. The number of amides is 2. The third-order valence-electron chi connectivity index (χ3n) is 6.70. The van der Waals surface area contributed by atoms with E-state index in [9.17, 15) is 9.59 Å². The Hall–Kier alpha value is -3.46. The molecule has 0 atom stereocenters. The van der Waals surface area contributed by atoms with Crippen LogP contribution in [0.2, 0.25) is 0 Å². The molecule has 1 aliphatic carbocycles. The van der Waals surface area contributed by atoms with Crippen LogP contribution in [0.1, 0.15) is 57.9 Å². The second-order valence-corrected chi connectivity index (χ2v) is 8.43. The van der Waals surface area contributed by atoms with Crippen molar-refractivity contribution in [2.45, 2.75) is 31.6 Å². The fourth-order valence-corrected chi connectivity index (χ4v) is 5.17. The SMILES string of the molecule is O=C1c2cccc3cccc(c23)C(=O)N1c1ccc2cc(C3CCCC3)ccc2c1. The molecule has 0 spiro atoms. The fraction of sp³-hybridized carbons (Fsp3) is 0.185. The van der Waals surface area contributed by atoms with Crippen LogP contribution in [0.15, 0.2) is 72.8 Å². The molecule has 1 saturated carbocycles. The van der Waals surface area contributed by atoms with Crippen LogP contribution in [0.25, 0.3) is 21.5 Å². The third kappa shape index (κ3) is 2.51. The summed E-state index contributed by atoms with van der Waals surface area (Å²) in [7, 11) is 0. The summed E-state index contributed by atoms with van der Waals surface area (Å²) in [5.74, 6) is 0.147. The second-order valence-electron chi connectivity index (χ2n) is 8.43. The Balaban J connectivity index is 1.44. The molecule has 2 amide bonds. The van der Waals surface area contributed by atoms with Crippen LogP contribution in [0.4, 0.5) is 5.69 Å². The Bertz CT molecular complexity index is 1300. The van der Waals surface area contributed by atoms with Gasteiger partial charge >= 0.3 is 0 Å². The lowest BCUT2D eigenvalue weighted by atomic mass is 9.93. The zero-order valence-corrected chi connectivity index (χ0v) is 16.6. The van der Waals surface area contributed by atoms with Crippen molar-refractivity contribution in [1.29, 1.82) is 0 Å². The lowest BCUT2D eigenvalue weighted by Gasteiger charge is -2.27. The molecular formula is C27H21NO2. The number of rotatable bonds is 2. The summed E-state index contributed by atoms with van der Waals surface area (Å²) in [6.45, 7) is 0. The summed E-state index contributed by atoms with van der Waals surface area (Å²) in [6.07, 6.45) is 5.17. The Labute approximate surface area is 174 Å². The minimum atomic E-state index is -0.258. The van der Waals surface area contributed by atoms with E-state index in [4.69, 9.17) is 0 Å². The Kier molecular flexibility index (Phi) is 3.79. The molecule has 0 unspecified atom stereocenters. The normalized spacial score (nSPS) is 16.7. The number of benzene rings is 4. The largest absolute Gasteiger partial charge is 0.268 e. The van der Waals surface area contributed by atoms with Gasteiger partial charge in [0.1, 0.15) is 0 Å². The first-order chi connectivity index (χ1) is 14.7. The summed E-state index contributed by atoms with van der Waals surface area (Å²) >= 11 is 0. The van der Waals surface area contributed by atoms with Gasteiger partial charge in [0.05, 0.1) is 5.69 Å². The first kappa shape index (κ1) is 17.4. The van der Waals surface area contributed by atoms with Crippen LogP contribution in [0.3, 0.4) is 0 Å². The number of hydrogen-bond acceptors (Lipinski definition) is 2. The van der Waals surface area contributed by atoms with Gasteiger partial charge in [0.2, 0.25) is 0 Å². The molecule has 6 rings (SSSR count). The maximum absolute atomic E-state index is 13.3. The van der Waals surface area contributed by atoms with E-state index in [1.165, 1.54) is 36.1 Å². The summed E-state index contributed by atoms with van der Waals surface area (Å²) in [6, 6.07) is 23.7. The van der Waals surface area contributed by atoms with E-state index in [-0.39, 0.29) is 11.8 Å². The summed E-state index contributed by atoms with van der Waals surface area (Å²) in [4.78, 5) is 27.9. The molecule has 4 aromatic rings. The molecule has 146 valence electrons. The van der Waals surface area contributed by atoms with Crippen molar-refractivity contribution in [1.82, 2.24) is 0 Å². The van der Waals surface area contributed by atoms with Crippen molar-refractivity contribution < 1.29 is 9.59 Å². The van der Waals surface area contributed by atoms with Crippen LogP contribution in [-0.4, -0.2) is 11.8 Å². The zero-order valence-electron chi connectivity index (χ0n) is 16.6. The van der Waals surface area contributed by atoms with Gasteiger partial charge in [-0.05, 0) is 64.7 Å². The van der Waals surface area contributed by atoms with Crippen molar-refractivity contribution in [2.75, 3.05) is 4.90 Å². The topological polar surface area (TPSA) is 37.4 Å². The smallest absolute Gasteiger partial charge is 0.265 e. The summed E-state index contributed by atoms with van der Waals surface area (Å²) < 4.78 is 0. The lowest BCUT2D eigenvalue weighted by Crippen LogP contribution is -2.40. The average molecular weight is 391 g/mol. The highest BCUT2D eigenvalue weighted by Gasteiger charge is 2.33. The quantitative estimate of drug-likeness (QED) is 0.368. The van der Waals surface area contributed by atoms with Crippen molar-refractivity contribution >= 4 is 39.0 Å². The van der Waals surface area contributed by atoms with Crippen LogP contribution >= 0.6 is 0 Å². The van der Waals surface area contributed by atoms with Crippen molar-refractivity contribution in [3.8, 4) is 0 Å². The van der Waals surface area contributed by atoms with E-state index in [1.54, 1.807) is 0 Å². The summed E-state index contributed by atoms with van der Waals surface area (Å²) in [5, 5.41) is 3.88. The van der Waals surface area contributed by atoms with Gasteiger partial charge < -0.3 is 0 Å². The van der Waals surface area contributed by atoms with Crippen LogP contribution in [0.5, 0.6) is 0 Å². The number of hydrogen-bond donors (Lipinski definition) is 0. The van der Waals surface area contributed by atoms with Crippen LogP contribution in [0, 0.1) is 0 Å². The molecule has 1 heterocycles. The molecule has 1 fully saturated rings. The van der Waals surface area contributed by atoms with E-state index < -0.39 is 0 Å². The number of fused-ring (bicyclic) bond motifs is 1. The van der Waals surface area contributed by atoms with Crippen LogP contribution < -0.4 is 4.90 Å². The van der Waals surface area contributed by atoms with Crippen LogP contribution in [-0.2, 0) is 0 Å². The third-order valence-corrected chi connectivity index (χ3v) is 6.70. The number of imide groups is 1. The van der Waals surface area contributed by atoms with E-state index in [0.29, 0.717) is 22.7 Å². The number of nitrogens with zero attached hydrogens (tertiary/aromatic N) is 1. The molecule has 0 bridgehead atoms. The minimum absolute atomic E-state index is 0.258. The molecular weight excluding hydrogens is 370 g/mol. The first-order valence-corrected chi connectivity index (χ1v) is 10.6. The Morgan fingerprint density at radius 2 is 1.30 bits per heavy atom. The summed E-state index contributed by atoms with van der Waals surface area (Å²) in [5.41, 5.74) is 3.19. The highest BCUT2D eigenvalue weighted by atomic mass is 16.2. The van der Waals surface area contributed by atoms with Gasteiger partial charge in [-0.15, -0.1) is 0 Å². The second kappa shape index (κ2) is 6.53. The number of carbonyl (C=O) groups is 2. The van der Waals surface area contributed by atoms with Gasteiger partial charge in [0.15, 0.2) is 0 Å². The molecule has 3 heteroatoms. The molecule has 0 aromatic heterocycles. The van der Waals surface area contributed by atoms with Gasteiger partial charge in [-0.2, -0.15) is 0 Å². The van der Waals surface area contributed by atoms with Crippen molar-refractivity contribution in [3.05, 3.63) is 89.5 Å². The fourth-order valence-electron chi connectivity index (χ4n) is 5.17. The Morgan fingerprint density at radius 3 is 2.00 bits per heavy atom. The highest BCUT2D eigenvalue weighted by Crippen LogP contribution is 2.37. The molecule has 1 aliphatic heterocycles. The monoisotopic (exact) mass is 391 g/mol. The van der Waals surface area contributed by atoms with Gasteiger partial charge in [-0.1, -0.05) is 61.4 Å². The van der Waals surface area contributed by atoms with Gasteiger partial charge in [0, 0.05) is 16.5 Å². The van der Waals surface area contributed by atoms with Crippen molar-refractivity contribution in [2.24, 2.45) is 0 Å². The van der Waals surface area contributed by atoms with Gasteiger partial charge in [0.25, 0.3) is 11.8 Å². The lowest BCUT2D eigenvalue weighted by molar-refractivity contribution is 0.0893. The molecule has 0 saturated heterocycles. The minimum Gasteiger partial charge on any atom is -0.268 e. The highest BCUT2D eigenvalue weighted by molar-refractivity contribution is 6.35. The molecule has 3 nitrogen and oxygen atoms in total. The molecule has 4 aromatic carbocycles. The van der Waals surface area contributed by atoms with E-state index in [1.807, 2.05) is 54.6 Å². The molecule has 30 heavy (non-hydrogen) atoms. The van der Waals surface area contributed by atoms with Gasteiger partial charge in [-0.25, -0.2) is 4.90 Å². The maximum atomic E-state index is 13.3. The predicted molar refractivity (Wildman–Crippen MR) is 120 cm³/mol. The predicted octanol–water partition coefficient (Wildman–Crippen LogP) is 6.45. The van der Waals surface area contributed by atoms with Crippen molar-refractivity contribution in [3.63, 3.8) is 0 Å². The first-order valence-electron chi connectivity index (χ1n) is 10.6. The van der Waals surface area contributed by atoms with Gasteiger partial charge in [-0.3, -0.25) is 9.59 Å².